The van der Waals surface area contributed by atoms with E-state index >= 15 is 0 Å². The van der Waals surface area contributed by atoms with Crippen molar-refractivity contribution >= 4 is 15.6 Å². The third kappa shape index (κ3) is 11.1. The number of phosphoric ester groups is 2. The number of ether oxygens (including phenoxy) is 6. The van der Waals surface area contributed by atoms with Gasteiger partial charge in [-0.2, -0.15) is 4.31 Å². The summed E-state index contributed by atoms with van der Waals surface area (Å²) < 4.78 is 72.0. The summed E-state index contributed by atoms with van der Waals surface area (Å²) in [7, 11) is -11.5. The van der Waals surface area contributed by atoms with Gasteiger partial charge in [0, 0.05) is 18.2 Å². The van der Waals surface area contributed by atoms with Gasteiger partial charge in [0.05, 0.1) is 32.5 Å². The number of aromatic amines is 1. The van der Waals surface area contributed by atoms with E-state index in [1.54, 1.807) is 0 Å². The quantitative estimate of drug-likeness (QED) is 0.0727. The maximum absolute atomic E-state index is 12.7. The van der Waals surface area contributed by atoms with Crippen LogP contribution in [-0.4, -0.2) is 212 Å². The molecule has 0 aliphatic carbocycles. The molecular formula is C28H48N2O27P2. The predicted octanol–water partition coefficient (Wildman–Crippen LogP) is -8.69. The molecule has 1 aromatic heterocycles. The Hall–Kier alpha value is -1.78. The number of nitrogens with zero attached hydrogens (tertiary/aromatic N) is 1. The van der Waals surface area contributed by atoms with Gasteiger partial charge in [-0.3, -0.25) is 23.4 Å². The number of hydrogen-bond acceptors (Lipinski definition) is 24. The number of aliphatic hydroxyl groups excluding tert-OH is 11. The van der Waals surface area contributed by atoms with Crippen LogP contribution in [0.1, 0.15) is 13.2 Å². The Labute approximate surface area is 330 Å². The fraction of sp³-hybridized carbons (Fsp3) is 0.857. The summed E-state index contributed by atoms with van der Waals surface area (Å²) in [5.41, 5.74) is -1.83. The normalized spacial score (nSPS) is 43.7. The number of hydrogen-bond donors (Lipinski definition) is 14. The predicted molar refractivity (Wildman–Crippen MR) is 181 cm³/mol. The molecule has 59 heavy (non-hydrogen) atoms. The molecule has 0 radical (unpaired) electrons. The highest BCUT2D eigenvalue weighted by Crippen LogP contribution is 2.61. The van der Waals surface area contributed by atoms with E-state index in [1.807, 2.05) is 4.98 Å². The minimum atomic E-state index is -5.85. The molecule has 16 unspecified atom stereocenters. The maximum Gasteiger partial charge on any atom is 0.483 e. The average Bonchev–Trinajstić information content (AvgIpc) is 3.44. The number of rotatable bonds is 15. The van der Waals surface area contributed by atoms with E-state index < -0.39 is 170 Å². The molecule has 16 N–H and O–H groups in total. The van der Waals surface area contributed by atoms with E-state index in [0.717, 1.165) is 12.3 Å². The summed E-state index contributed by atoms with van der Waals surface area (Å²) in [5.74, 6) is -0.899. The molecule has 5 heterocycles. The van der Waals surface area contributed by atoms with Crippen molar-refractivity contribution < 1.29 is 122 Å². The summed E-state index contributed by atoms with van der Waals surface area (Å²) >= 11 is 0. The lowest BCUT2D eigenvalue weighted by atomic mass is 9.90. The summed E-state index contributed by atoms with van der Waals surface area (Å²) in [6, 6.07) is 0.898. The third-order valence-electron chi connectivity index (χ3n) is 9.76. The second-order valence-electron chi connectivity index (χ2n) is 13.7. The van der Waals surface area contributed by atoms with Gasteiger partial charge in [-0.25, -0.2) is 13.9 Å². The molecule has 31 heteroatoms. The molecule has 1 aromatic rings. The van der Waals surface area contributed by atoms with Crippen molar-refractivity contribution in [1.29, 1.82) is 0 Å². The standard InChI is InChI=1S/C28H46N2O26P2.H2O/c1-8-14(35)9(4-31)50-25(15(8)36)53-22-10(5-32)51-26(20(41)17(22)38)54-23-11(6-33)52-27(21(42)18(23)39)55-58(46,47)56-57(44,45)48-7-12-16(37)19(40)24(49-12)30-3-2-13(34)29-28(30)43;/h2-3,8-12,14-27,31-33,35-42H,4-7H2,1H3,(H,44,45)(H,46,47)(H,29,34,43);1H2/t8?,9?,10?,11?,12-,14?,15?,16-,17?,18?,19-,20?,21?,22?,23?,24-,25?,26+,27?;/m1./s1. The van der Waals surface area contributed by atoms with E-state index in [-0.39, 0.29) is 5.48 Å². The highest BCUT2D eigenvalue weighted by Gasteiger charge is 2.55. The van der Waals surface area contributed by atoms with Crippen LogP contribution in [0.25, 0.3) is 0 Å². The van der Waals surface area contributed by atoms with Gasteiger partial charge in [0.2, 0.25) is 0 Å². The SMILES string of the molecule is CC1C(O)C(CO)OC(OC2C(CO)O[C@@H](OC3C(CO)OC(OP(=O)(O)OP(=O)(O)OC[C@H]4O[C@@H](n5ccc(=O)[nH]c5=O)[C@H](O)[C@@H]4O)C(O)C3O)C(O)C2O)C1O.O. The Morgan fingerprint density at radius 3 is 1.71 bits per heavy atom. The van der Waals surface area contributed by atoms with Crippen molar-refractivity contribution in [2.75, 3.05) is 26.4 Å². The zero-order valence-electron chi connectivity index (χ0n) is 30.4. The van der Waals surface area contributed by atoms with Gasteiger partial charge >= 0.3 is 21.3 Å². The van der Waals surface area contributed by atoms with E-state index in [0.29, 0.717) is 4.57 Å². The summed E-state index contributed by atoms with van der Waals surface area (Å²) in [4.78, 5) is 45.6. The van der Waals surface area contributed by atoms with Crippen LogP contribution >= 0.6 is 15.6 Å². The van der Waals surface area contributed by atoms with E-state index in [4.69, 9.17) is 28.4 Å². The molecule has 0 saturated carbocycles. The van der Waals surface area contributed by atoms with Crippen molar-refractivity contribution in [1.82, 2.24) is 9.55 Å². The number of aromatic nitrogens is 2. The third-order valence-corrected chi connectivity index (χ3v) is 12.4. The van der Waals surface area contributed by atoms with Crippen molar-refractivity contribution in [3.8, 4) is 0 Å². The lowest BCUT2D eigenvalue weighted by Crippen LogP contribution is -2.66. The van der Waals surface area contributed by atoms with Crippen LogP contribution in [0, 0.1) is 5.92 Å². The molecule has 0 amide bonds. The molecule has 29 nitrogen and oxygen atoms in total. The fourth-order valence-corrected chi connectivity index (χ4v) is 8.69. The summed E-state index contributed by atoms with van der Waals surface area (Å²) in [6.07, 6.45) is -31.8. The molecule has 4 aliphatic rings. The molecule has 4 fully saturated rings. The average molecular weight is 907 g/mol. The van der Waals surface area contributed by atoms with Crippen LogP contribution in [0.3, 0.4) is 0 Å². The molecule has 5 rings (SSSR count). The van der Waals surface area contributed by atoms with Gasteiger partial charge in [0.15, 0.2) is 25.1 Å². The van der Waals surface area contributed by atoms with E-state index in [2.05, 4.69) is 13.4 Å². The van der Waals surface area contributed by atoms with E-state index in [9.17, 15) is 84.7 Å². The summed E-state index contributed by atoms with van der Waals surface area (Å²) in [6.45, 7) is -2.41. The van der Waals surface area contributed by atoms with Crippen LogP contribution in [-0.2, 0) is 50.9 Å². The van der Waals surface area contributed by atoms with Crippen molar-refractivity contribution in [3.63, 3.8) is 0 Å². The van der Waals surface area contributed by atoms with Crippen LogP contribution in [0.5, 0.6) is 0 Å². The Bertz CT molecular complexity index is 1730. The minimum absolute atomic E-state index is 0. The Morgan fingerprint density at radius 1 is 0.661 bits per heavy atom. The van der Waals surface area contributed by atoms with Crippen LogP contribution in [0.2, 0.25) is 0 Å². The van der Waals surface area contributed by atoms with Gasteiger partial charge in [0.1, 0.15) is 79.4 Å². The number of phosphoric acid groups is 2. The largest absolute Gasteiger partial charge is 0.483 e. The molecule has 0 aromatic carbocycles. The molecular weight excluding hydrogens is 858 g/mol. The van der Waals surface area contributed by atoms with Crippen LogP contribution in [0.4, 0.5) is 0 Å². The monoisotopic (exact) mass is 906 g/mol. The first-order chi connectivity index (χ1) is 27.1. The van der Waals surface area contributed by atoms with E-state index in [1.165, 1.54) is 6.92 Å². The first kappa shape index (κ1) is 49.9. The second-order valence-corrected chi connectivity index (χ2v) is 16.7. The minimum Gasteiger partial charge on any atom is -0.412 e. The molecule has 0 spiro atoms. The zero-order chi connectivity index (χ0) is 43.0. The van der Waals surface area contributed by atoms with Crippen molar-refractivity contribution in [2.24, 2.45) is 5.92 Å². The van der Waals surface area contributed by atoms with Gasteiger partial charge in [0.25, 0.3) is 5.56 Å². The van der Waals surface area contributed by atoms with Gasteiger partial charge in [-0.1, -0.05) is 6.92 Å². The van der Waals surface area contributed by atoms with Crippen LogP contribution < -0.4 is 11.2 Å². The lowest BCUT2D eigenvalue weighted by Gasteiger charge is -2.48. The van der Waals surface area contributed by atoms with Gasteiger partial charge < -0.3 is 99.9 Å². The highest BCUT2D eigenvalue weighted by atomic mass is 31.3. The molecule has 0 bridgehead atoms. The first-order valence-corrected chi connectivity index (χ1v) is 20.3. The topological polar surface area (TPSA) is 467 Å². The van der Waals surface area contributed by atoms with Gasteiger partial charge in [-0.15, -0.1) is 0 Å². The molecule has 21 atom stereocenters. The highest BCUT2D eigenvalue weighted by molar-refractivity contribution is 7.61. The zero-order valence-corrected chi connectivity index (χ0v) is 32.2. The Balaban J connectivity index is 0.00000769. The maximum atomic E-state index is 12.7. The molecule has 342 valence electrons. The summed E-state index contributed by atoms with van der Waals surface area (Å²) in [5, 5.41) is 114. The lowest BCUT2D eigenvalue weighted by molar-refractivity contribution is -0.375. The first-order valence-electron chi connectivity index (χ1n) is 17.3. The van der Waals surface area contributed by atoms with Crippen molar-refractivity contribution in [3.05, 3.63) is 33.1 Å². The Morgan fingerprint density at radius 2 is 1.17 bits per heavy atom. The Kier molecular flexibility index (Phi) is 17.0. The van der Waals surface area contributed by atoms with Crippen molar-refractivity contribution in [2.45, 2.75) is 117 Å². The molecule has 4 saturated heterocycles. The molecule has 4 aliphatic heterocycles. The number of nitrogens with one attached hydrogen (secondary N) is 1. The smallest absolute Gasteiger partial charge is 0.412 e. The van der Waals surface area contributed by atoms with Gasteiger partial charge in [-0.05, 0) is 0 Å². The second kappa shape index (κ2) is 20.2. The fourth-order valence-electron chi connectivity index (χ4n) is 6.53. The van der Waals surface area contributed by atoms with Crippen LogP contribution in [0.15, 0.2) is 21.9 Å². The number of aliphatic hydroxyl groups is 11. The number of H-pyrrole nitrogens is 1.